The number of anilines is 2. The summed E-state index contributed by atoms with van der Waals surface area (Å²) in [7, 11) is 0. The molecule has 0 atom stereocenters. The van der Waals surface area contributed by atoms with E-state index in [1.54, 1.807) is 11.3 Å². The number of rotatable bonds is 3. The predicted molar refractivity (Wildman–Crippen MR) is 115 cm³/mol. The van der Waals surface area contributed by atoms with Gasteiger partial charge in [-0.25, -0.2) is 15.0 Å². The molecule has 2 aromatic carbocycles. The maximum atomic E-state index is 12.8. The van der Waals surface area contributed by atoms with Crippen molar-refractivity contribution < 1.29 is 4.79 Å². The van der Waals surface area contributed by atoms with E-state index in [0.29, 0.717) is 18.9 Å². The SMILES string of the molecule is Cc1nc2ccccc2nc1Nc1nc2c(s1)CN(C(=O)c1ccccc1)CC2. The average Bonchev–Trinajstić information content (AvgIpc) is 3.16. The first-order valence-electron chi connectivity index (χ1n) is 9.51. The van der Waals surface area contributed by atoms with Crippen LogP contribution in [0.3, 0.4) is 0 Å². The number of amides is 1. The number of aromatic nitrogens is 3. The van der Waals surface area contributed by atoms with E-state index in [1.165, 1.54) is 0 Å². The maximum Gasteiger partial charge on any atom is 0.254 e. The molecule has 1 aliphatic rings. The van der Waals surface area contributed by atoms with Crippen molar-refractivity contribution in [3.8, 4) is 0 Å². The fourth-order valence-electron chi connectivity index (χ4n) is 3.49. The number of thiazole rings is 1. The number of aryl methyl sites for hydroxylation is 1. The molecule has 0 radical (unpaired) electrons. The van der Waals surface area contributed by atoms with Crippen molar-refractivity contribution in [3.05, 3.63) is 76.4 Å². The molecule has 7 heteroatoms. The van der Waals surface area contributed by atoms with E-state index in [0.717, 1.165) is 44.4 Å². The largest absolute Gasteiger partial charge is 0.333 e. The van der Waals surface area contributed by atoms with Crippen molar-refractivity contribution in [1.29, 1.82) is 0 Å². The second-order valence-corrected chi connectivity index (χ2v) is 8.09. The number of carbonyl (C=O) groups excluding carboxylic acids is 1. The number of nitrogens with zero attached hydrogens (tertiary/aromatic N) is 4. The minimum atomic E-state index is 0.0652. The van der Waals surface area contributed by atoms with Crippen LogP contribution in [0.4, 0.5) is 10.9 Å². The van der Waals surface area contributed by atoms with Gasteiger partial charge in [0.2, 0.25) is 0 Å². The van der Waals surface area contributed by atoms with Gasteiger partial charge in [-0.05, 0) is 31.2 Å². The Labute approximate surface area is 172 Å². The lowest BCUT2D eigenvalue weighted by Crippen LogP contribution is -2.35. The van der Waals surface area contributed by atoms with E-state index in [4.69, 9.17) is 4.98 Å². The molecule has 3 heterocycles. The Balaban J connectivity index is 1.37. The fraction of sp³-hybridized carbons (Fsp3) is 0.182. The molecule has 0 bridgehead atoms. The molecule has 0 saturated heterocycles. The van der Waals surface area contributed by atoms with Gasteiger partial charge >= 0.3 is 0 Å². The summed E-state index contributed by atoms with van der Waals surface area (Å²) >= 11 is 1.58. The minimum Gasteiger partial charge on any atom is -0.333 e. The van der Waals surface area contributed by atoms with E-state index in [-0.39, 0.29) is 5.91 Å². The lowest BCUT2D eigenvalue weighted by atomic mass is 10.1. The molecular weight excluding hydrogens is 382 g/mol. The molecule has 1 N–H and O–H groups in total. The first-order chi connectivity index (χ1) is 14.2. The van der Waals surface area contributed by atoms with Gasteiger partial charge in [0, 0.05) is 23.4 Å². The third kappa shape index (κ3) is 3.45. The van der Waals surface area contributed by atoms with Crippen molar-refractivity contribution in [2.45, 2.75) is 19.9 Å². The van der Waals surface area contributed by atoms with Crippen LogP contribution in [0.2, 0.25) is 0 Å². The highest BCUT2D eigenvalue weighted by molar-refractivity contribution is 7.15. The Morgan fingerprint density at radius 2 is 1.72 bits per heavy atom. The molecule has 4 aromatic rings. The topological polar surface area (TPSA) is 71.0 Å². The fourth-order valence-corrected chi connectivity index (χ4v) is 4.52. The highest BCUT2D eigenvalue weighted by Crippen LogP contribution is 2.31. The number of fused-ring (bicyclic) bond motifs is 2. The van der Waals surface area contributed by atoms with Crippen molar-refractivity contribution in [2.75, 3.05) is 11.9 Å². The molecule has 6 nitrogen and oxygen atoms in total. The third-order valence-corrected chi connectivity index (χ3v) is 6.01. The van der Waals surface area contributed by atoms with Crippen LogP contribution >= 0.6 is 11.3 Å². The number of para-hydroxylation sites is 2. The zero-order valence-corrected chi connectivity index (χ0v) is 16.7. The molecule has 0 fully saturated rings. The molecule has 2 aromatic heterocycles. The normalized spacial score (nSPS) is 13.3. The lowest BCUT2D eigenvalue weighted by Gasteiger charge is -2.26. The van der Waals surface area contributed by atoms with Gasteiger partial charge in [-0.15, -0.1) is 0 Å². The van der Waals surface area contributed by atoms with Crippen LogP contribution < -0.4 is 5.32 Å². The van der Waals surface area contributed by atoms with E-state index in [2.05, 4.69) is 15.3 Å². The summed E-state index contributed by atoms with van der Waals surface area (Å²) in [6, 6.07) is 17.2. The summed E-state index contributed by atoms with van der Waals surface area (Å²) in [5.41, 5.74) is 4.34. The van der Waals surface area contributed by atoms with Gasteiger partial charge in [-0.2, -0.15) is 0 Å². The molecule has 0 spiro atoms. The van der Waals surface area contributed by atoms with Gasteiger partial charge in [0.25, 0.3) is 5.91 Å². The van der Waals surface area contributed by atoms with E-state index < -0.39 is 0 Å². The summed E-state index contributed by atoms with van der Waals surface area (Å²) in [6.45, 7) is 3.21. The van der Waals surface area contributed by atoms with Crippen LogP contribution in [0, 0.1) is 6.92 Å². The molecule has 0 saturated carbocycles. The van der Waals surface area contributed by atoms with Crippen LogP contribution in [0.25, 0.3) is 11.0 Å². The van der Waals surface area contributed by atoms with Crippen molar-refractivity contribution >= 4 is 39.2 Å². The van der Waals surface area contributed by atoms with Crippen LogP contribution in [0.15, 0.2) is 54.6 Å². The summed E-state index contributed by atoms with van der Waals surface area (Å²) in [6.07, 6.45) is 0.758. The number of nitrogens with one attached hydrogen (secondary N) is 1. The standard InChI is InChI=1S/C22H19N5OS/c1-14-20(24-17-10-6-5-9-16(17)23-14)26-22-25-18-11-12-27(13-19(18)29-22)21(28)15-7-3-2-4-8-15/h2-10H,11-13H2,1H3,(H,24,25,26). The maximum absolute atomic E-state index is 12.8. The van der Waals surface area contributed by atoms with Gasteiger partial charge in [0.1, 0.15) is 0 Å². The first-order valence-corrected chi connectivity index (χ1v) is 10.3. The molecule has 144 valence electrons. The molecule has 5 rings (SSSR count). The summed E-state index contributed by atoms with van der Waals surface area (Å²) < 4.78 is 0. The predicted octanol–water partition coefficient (Wildman–Crippen LogP) is 4.34. The van der Waals surface area contributed by atoms with E-state index in [1.807, 2.05) is 66.4 Å². The van der Waals surface area contributed by atoms with Crippen molar-refractivity contribution in [2.24, 2.45) is 0 Å². The Morgan fingerprint density at radius 3 is 2.52 bits per heavy atom. The molecule has 0 unspecified atom stereocenters. The summed E-state index contributed by atoms with van der Waals surface area (Å²) in [4.78, 5) is 29.8. The van der Waals surface area contributed by atoms with E-state index >= 15 is 0 Å². The Kier molecular flexibility index (Phi) is 4.44. The molecular formula is C22H19N5OS. The number of hydrogen-bond acceptors (Lipinski definition) is 6. The van der Waals surface area contributed by atoms with E-state index in [9.17, 15) is 4.79 Å². The quantitative estimate of drug-likeness (QED) is 0.553. The Bertz CT molecular complexity index is 1200. The zero-order valence-electron chi connectivity index (χ0n) is 15.9. The number of carbonyl (C=O) groups is 1. The molecule has 1 amide bonds. The van der Waals surface area contributed by atoms with Gasteiger partial charge in [-0.1, -0.05) is 41.7 Å². The van der Waals surface area contributed by atoms with Gasteiger partial charge < -0.3 is 10.2 Å². The monoisotopic (exact) mass is 401 g/mol. The highest BCUT2D eigenvalue weighted by atomic mass is 32.1. The average molecular weight is 401 g/mol. The zero-order chi connectivity index (χ0) is 19.8. The third-order valence-electron chi connectivity index (χ3n) is 5.01. The Morgan fingerprint density at radius 1 is 1.00 bits per heavy atom. The lowest BCUT2D eigenvalue weighted by molar-refractivity contribution is 0.0736. The smallest absolute Gasteiger partial charge is 0.254 e. The first kappa shape index (κ1) is 17.8. The molecule has 1 aliphatic heterocycles. The molecule has 29 heavy (non-hydrogen) atoms. The van der Waals surface area contributed by atoms with Crippen molar-refractivity contribution in [1.82, 2.24) is 19.9 Å². The van der Waals surface area contributed by atoms with Gasteiger partial charge in [0.15, 0.2) is 10.9 Å². The van der Waals surface area contributed by atoms with Gasteiger partial charge in [0.05, 0.1) is 29.0 Å². The van der Waals surface area contributed by atoms with Gasteiger partial charge in [-0.3, -0.25) is 4.79 Å². The number of hydrogen-bond donors (Lipinski definition) is 1. The number of benzene rings is 2. The highest BCUT2D eigenvalue weighted by Gasteiger charge is 2.25. The van der Waals surface area contributed by atoms with Crippen LogP contribution in [-0.4, -0.2) is 32.3 Å². The van der Waals surface area contributed by atoms with Crippen LogP contribution in [0.5, 0.6) is 0 Å². The minimum absolute atomic E-state index is 0.0652. The second-order valence-electron chi connectivity index (χ2n) is 7.00. The van der Waals surface area contributed by atoms with Crippen molar-refractivity contribution in [3.63, 3.8) is 0 Å². The summed E-state index contributed by atoms with van der Waals surface area (Å²) in [5, 5.41) is 4.12. The summed E-state index contributed by atoms with van der Waals surface area (Å²) in [5.74, 6) is 0.780. The Hall–Kier alpha value is -3.32. The second kappa shape index (κ2) is 7.25. The van der Waals surface area contributed by atoms with Crippen LogP contribution in [0.1, 0.15) is 26.6 Å². The van der Waals surface area contributed by atoms with Crippen LogP contribution in [-0.2, 0) is 13.0 Å². The molecule has 0 aliphatic carbocycles.